The zero-order valence-corrected chi connectivity index (χ0v) is 26.0. The molecule has 0 saturated carbocycles. The van der Waals surface area contributed by atoms with E-state index in [-0.39, 0.29) is 60.0 Å². The summed E-state index contributed by atoms with van der Waals surface area (Å²) in [6.07, 6.45) is -2.15. The van der Waals surface area contributed by atoms with Gasteiger partial charge in [-0.1, -0.05) is 6.92 Å². The summed E-state index contributed by atoms with van der Waals surface area (Å²) in [5, 5.41) is 3.78. The number of morpholine rings is 1. The number of anilines is 2. The van der Waals surface area contributed by atoms with Crippen LogP contribution in [-0.2, 0) is 17.3 Å². The number of hydrogen-bond donors (Lipinski definition) is 2. The first kappa shape index (κ1) is 30.8. The van der Waals surface area contributed by atoms with E-state index in [1.54, 1.807) is 0 Å². The Balaban J connectivity index is 1.31. The van der Waals surface area contributed by atoms with Gasteiger partial charge in [0.15, 0.2) is 5.82 Å². The molecule has 8 rings (SSSR count). The molecule has 0 radical (unpaired) electrons. The molecule has 1 aromatic carbocycles. The van der Waals surface area contributed by atoms with Gasteiger partial charge in [0.25, 0.3) is 0 Å². The summed E-state index contributed by atoms with van der Waals surface area (Å²) in [5.41, 5.74) is 1.65. The number of ether oxygens (including phenoxy) is 3. The predicted octanol–water partition coefficient (Wildman–Crippen LogP) is 4.47. The minimum Gasteiger partial charge on any atom is -0.472 e. The molecule has 6 atom stereocenters. The van der Waals surface area contributed by atoms with Gasteiger partial charge in [0.1, 0.15) is 40.9 Å². The Bertz CT molecular complexity index is 1740. The first-order valence-corrected chi connectivity index (χ1v) is 16.3. The van der Waals surface area contributed by atoms with E-state index in [0.717, 1.165) is 38.3 Å². The van der Waals surface area contributed by atoms with Crippen molar-refractivity contribution in [2.24, 2.45) is 0 Å². The van der Waals surface area contributed by atoms with Crippen molar-refractivity contribution in [3.63, 3.8) is 0 Å². The zero-order valence-electron chi connectivity index (χ0n) is 26.0. The molecule has 252 valence electrons. The van der Waals surface area contributed by atoms with Gasteiger partial charge in [0, 0.05) is 48.4 Å². The molecule has 47 heavy (non-hydrogen) atoms. The molecule has 7 heterocycles. The maximum Gasteiger partial charge on any atom is 0.417 e. The summed E-state index contributed by atoms with van der Waals surface area (Å²) < 4.78 is 93.7. The Labute approximate surface area is 267 Å². The van der Waals surface area contributed by atoms with E-state index in [1.807, 2.05) is 6.92 Å². The van der Waals surface area contributed by atoms with Crippen molar-refractivity contribution in [1.29, 1.82) is 0 Å². The van der Waals surface area contributed by atoms with Crippen LogP contribution in [0.3, 0.4) is 0 Å². The number of nitrogens with one attached hydrogen (secondary N) is 1. The first-order valence-electron chi connectivity index (χ1n) is 16.3. The average molecular weight is 662 g/mol. The molecule has 10 nitrogen and oxygen atoms in total. The van der Waals surface area contributed by atoms with Crippen molar-refractivity contribution in [1.82, 2.24) is 25.2 Å². The normalized spacial score (nSPS) is 28.6. The van der Waals surface area contributed by atoms with E-state index in [2.05, 4.69) is 25.1 Å². The second kappa shape index (κ2) is 11.3. The SMILES string of the molecule is CCc1c(F)c(N)cc(-c2nc3c4c(nc(OC[C@@H]5CC[C@H]6COCCN65)nc4c2F)N2C[C@H]4CC[C@H](N4)[C@H]2[C@H](C)O3)c1C(F)(F)F. The Morgan fingerprint density at radius 3 is 2.72 bits per heavy atom. The summed E-state index contributed by atoms with van der Waals surface area (Å²) in [7, 11) is 0. The fourth-order valence-electron chi connectivity index (χ4n) is 8.41. The molecule has 4 fully saturated rings. The van der Waals surface area contributed by atoms with Crippen molar-refractivity contribution in [3.05, 3.63) is 28.8 Å². The summed E-state index contributed by atoms with van der Waals surface area (Å²) in [5.74, 6) is -2.05. The van der Waals surface area contributed by atoms with Crippen LogP contribution < -0.4 is 25.4 Å². The van der Waals surface area contributed by atoms with Gasteiger partial charge in [-0.15, -0.1) is 0 Å². The third kappa shape index (κ3) is 4.95. The lowest BCUT2D eigenvalue weighted by atomic mass is 9.94. The maximum absolute atomic E-state index is 16.9. The lowest BCUT2D eigenvalue weighted by Crippen LogP contribution is -2.62. The van der Waals surface area contributed by atoms with E-state index in [4.69, 9.17) is 24.9 Å². The van der Waals surface area contributed by atoms with E-state index in [1.165, 1.54) is 6.92 Å². The van der Waals surface area contributed by atoms with Gasteiger partial charge in [-0.3, -0.25) is 4.90 Å². The number of benzene rings is 1. The quantitative estimate of drug-likeness (QED) is 0.300. The summed E-state index contributed by atoms with van der Waals surface area (Å²) in [4.78, 5) is 18.1. The number of hydrogen-bond acceptors (Lipinski definition) is 10. The van der Waals surface area contributed by atoms with Gasteiger partial charge in [-0.05, 0) is 45.1 Å². The fraction of sp³-hybridized carbons (Fsp3) is 0.594. The Morgan fingerprint density at radius 2 is 1.94 bits per heavy atom. The topological polar surface area (TPSA) is 111 Å². The van der Waals surface area contributed by atoms with Crippen molar-refractivity contribution in [2.75, 3.05) is 43.5 Å². The van der Waals surface area contributed by atoms with Crippen LogP contribution in [0.15, 0.2) is 6.07 Å². The molecule has 3 N–H and O–H groups in total. The highest BCUT2D eigenvalue weighted by Crippen LogP contribution is 2.47. The van der Waals surface area contributed by atoms with E-state index >= 15 is 4.39 Å². The predicted molar refractivity (Wildman–Crippen MR) is 162 cm³/mol. The lowest BCUT2D eigenvalue weighted by molar-refractivity contribution is -0.137. The number of pyridine rings is 1. The van der Waals surface area contributed by atoms with Crippen LogP contribution in [0.1, 0.15) is 50.7 Å². The van der Waals surface area contributed by atoms with Gasteiger partial charge in [-0.25, -0.2) is 13.8 Å². The maximum atomic E-state index is 16.9. The standard InChI is InChI=1S/C32H36F5N7O3/c1-3-18-23(32(35,36)37)19(10-20(38)24(18)33)26-25(34)27-22-29(42-31(41-27)46-13-17-6-5-16-12-45-9-8-43(16)17)44-11-15-4-7-21(39-15)28(44)14(2)47-30(22)40-26/h10,14-17,21,28,39H,3-9,11-13,38H2,1-2H3/t14-,15+,16-,17-,21-,28+/m0/s1. The van der Waals surface area contributed by atoms with Gasteiger partial charge < -0.3 is 30.2 Å². The highest BCUT2D eigenvalue weighted by atomic mass is 19.4. The highest BCUT2D eigenvalue weighted by Gasteiger charge is 2.48. The number of nitrogen functional groups attached to an aromatic ring is 1. The number of rotatable bonds is 5. The molecule has 2 aromatic heterocycles. The van der Waals surface area contributed by atoms with Crippen LogP contribution in [0.5, 0.6) is 11.9 Å². The minimum absolute atomic E-state index is 0.0503. The highest BCUT2D eigenvalue weighted by molar-refractivity contribution is 5.97. The number of alkyl halides is 3. The third-order valence-corrected chi connectivity index (χ3v) is 10.5. The van der Waals surface area contributed by atoms with Crippen LogP contribution >= 0.6 is 0 Å². The number of nitrogens with zero attached hydrogens (tertiary/aromatic N) is 5. The Kier molecular flexibility index (Phi) is 7.37. The average Bonchev–Trinajstić information content (AvgIpc) is 3.61. The second-order valence-electron chi connectivity index (χ2n) is 13.2. The number of nitrogens with two attached hydrogens (primary N) is 1. The molecule has 5 aliphatic heterocycles. The zero-order chi connectivity index (χ0) is 32.8. The fourth-order valence-corrected chi connectivity index (χ4v) is 8.41. The first-order chi connectivity index (χ1) is 22.5. The molecule has 0 unspecified atom stereocenters. The number of fused-ring (bicyclic) bond motifs is 6. The summed E-state index contributed by atoms with van der Waals surface area (Å²) in [6.45, 7) is 6.12. The van der Waals surface area contributed by atoms with E-state index in [0.29, 0.717) is 31.6 Å². The van der Waals surface area contributed by atoms with Crippen LogP contribution in [0.2, 0.25) is 0 Å². The minimum atomic E-state index is -5.03. The smallest absolute Gasteiger partial charge is 0.417 e. The molecular formula is C32H36F5N7O3. The molecule has 3 aromatic rings. The van der Waals surface area contributed by atoms with Crippen molar-refractivity contribution >= 4 is 22.4 Å². The monoisotopic (exact) mass is 661 g/mol. The van der Waals surface area contributed by atoms with Crippen molar-refractivity contribution in [2.45, 2.75) is 88.4 Å². The molecular weight excluding hydrogens is 625 g/mol. The van der Waals surface area contributed by atoms with Gasteiger partial charge in [0.2, 0.25) is 5.88 Å². The van der Waals surface area contributed by atoms with Gasteiger partial charge in [0.05, 0.1) is 30.5 Å². The largest absolute Gasteiger partial charge is 0.472 e. The lowest BCUT2D eigenvalue weighted by Gasteiger charge is -2.42. The van der Waals surface area contributed by atoms with Gasteiger partial charge >= 0.3 is 12.2 Å². The molecule has 5 aliphatic rings. The number of aromatic nitrogens is 3. The molecule has 4 saturated heterocycles. The summed E-state index contributed by atoms with van der Waals surface area (Å²) >= 11 is 0. The van der Waals surface area contributed by atoms with Crippen LogP contribution in [-0.4, -0.2) is 89.1 Å². The van der Waals surface area contributed by atoms with Crippen molar-refractivity contribution in [3.8, 4) is 23.1 Å². The Morgan fingerprint density at radius 1 is 1.11 bits per heavy atom. The molecule has 2 bridgehead atoms. The second-order valence-corrected chi connectivity index (χ2v) is 13.2. The Hall–Kier alpha value is -3.56. The number of halogens is 5. The molecule has 0 amide bonds. The third-order valence-electron chi connectivity index (χ3n) is 10.5. The van der Waals surface area contributed by atoms with Crippen LogP contribution in [0.25, 0.3) is 22.2 Å². The molecule has 0 spiro atoms. The van der Waals surface area contributed by atoms with E-state index < -0.39 is 52.0 Å². The van der Waals surface area contributed by atoms with Crippen molar-refractivity contribution < 1.29 is 36.2 Å². The molecule has 15 heteroatoms. The van der Waals surface area contributed by atoms with Crippen LogP contribution in [0.4, 0.5) is 33.5 Å². The van der Waals surface area contributed by atoms with Crippen LogP contribution in [0, 0.1) is 11.6 Å². The van der Waals surface area contributed by atoms with E-state index in [9.17, 15) is 17.6 Å². The summed E-state index contributed by atoms with van der Waals surface area (Å²) in [6, 6.07) is 1.10. The number of piperazine rings is 1. The van der Waals surface area contributed by atoms with Gasteiger partial charge in [-0.2, -0.15) is 23.1 Å². The molecule has 0 aliphatic carbocycles.